The van der Waals surface area contributed by atoms with Crippen molar-refractivity contribution < 1.29 is 0 Å². The average molecular weight is 228 g/mol. The summed E-state index contributed by atoms with van der Waals surface area (Å²) in [5.74, 6) is 0.794. The normalized spacial score (nSPS) is 20.5. The quantitative estimate of drug-likeness (QED) is 0.731. The Morgan fingerprint density at radius 2 is 2.18 bits per heavy atom. The van der Waals surface area contributed by atoms with Crippen molar-refractivity contribution >= 4 is 10.9 Å². The molecule has 0 radical (unpaired) electrons. The van der Waals surface area contributed by atoms with Crippen LogP contribution >= 0.6 is 0 Å². The number of hydrogen-bond acceptors (Lipinski definition) is 1. The minimum absolute atomic E-state index is 0.411. The first kappa shape index (κ1) is 10.8. The van der Waals surface area contributed by atoms with Crippen LogP contribution in [0.5, 0.6) is 0 Å². The molecule has 2 aromatic rings. The second-order valence-corrected chi connectivity index (χ2v) is 6.31. The zero-order valence-electron chi connectivity index (χ0n) is 10.9. The summed E-state index contributed by atoms with van der Waals surface area (Å²) in [6.07, 6.45) is 7.54. The zero-order chi connectivity index (χ0) is 12.0. The molecule has 2 heterocycles. The highest BCUT2D eigenvalue weighted by molar-refractivity contribution is 5.84. The van der Waals surface area contributed by atoms with Gasteiger partial charge in [0.05, 0.1) is 11.7 Å². The summed E-state index contributed by atoms with van der Waals surface area (Å²) < 4.78 is 0. The van der Waals surface area contributed by atoms with Crippen LogP contribution < -0.4 is 0 Å². The molecule has 1 unspecified atom stereocenters. The summed E-state index contributed by atoms with van der Waals surface area (Å²) in [7, 11) is 0. The molecule has 1 aliphatic carbocycles. The van der Waals surface area contributed by atoms with Crippen molar-refractivity contribution in [2.75, 3.05) is 0 Å². The molecule has 0 aliphatic heterocycles. The van der Waals surface area contributed by atoms with E-state index in [9.17, 15) is 0 Å². The van der Waals surface area contributed by atoms with Crippen molar-refractivity contribution in [3.8, 4) is 0 Å². The summed E-state index contributed by atoms with van der Waals surface area (Å²) in [4.78, 5) is 7.72. The van der Waals surface area contributed by atoms with Gasteiger partial charge in [0.1, 0.15) is 0 Å². The molecule has 2 heteroatoms. The van der Waals surface area contributed by atoms with E-state index in [1.54, 1.807) is 0 Å². The first-order valence-corrected chi connectivity index (χ1v) is 6.49. The number of nitrogens with zero attached hydrogens (tertiary/aromatic N) is 1. The van der Waals surface area contributed by atoms with E-state index >= 15 is 0 Å². The van der Waals surface area contributed by atoms with Crippen LogP contribution in [0.4, 0.5) is 0 Å². The van der Waals surface area contributed by atoms with E-state index < -0.39 is 0 Å². The number of pyridine rings is 1. The summed E-state index contributed by atoms with van der Waals surface area (Å²) >= 11 is 0. The fourth-order valence-corrected chi connectivity index (χ4v) is 3.01. The first-order valence-electron chi connectivity index (χ1n) is 6.49. The maximum Gasteiger partial charge on any atom is 0.0645 e. The summed E-state index contributed by atoms with van der Waals surface area (Å²) in [5, 5.41) is 1.38. The molecule has 0 spiro atoms. The van der Waals surface area contributed by atoms with Crippen molar-refractivity contribution in [1.82, 2.24) is 9.97 Å². The Hall–Kier alpha value is -1.31. The molecule has 0 bridgehead atoms. The largest absolute Gasteiger partial charge is 0.357 e. The smallest absolute Gasteiger partial charge is 0.0645 e. The standard InChI is InChI=1S/C15H20N2/c1-15(2,3)10-4-5-13-12(8-10)11-6-7-16-9-14(11)17-13/h6-7,9-10,17H,4-5,8H2,1-3H3. The van der Waals surface area contributed by atoms with Crippen LogP contribution in [0.2, 0.25) is 0 Å². The van der Waals surface area contributed by atoms with E-state index in [0.29, 0.717) is 5.41 Å². The van der Waals surface area contributed by atoms with Crippen molar-refractivity contribution in [1.29, 1.82) is 0 Å². The lowest BCUT2D eigenvalue weighted by molar-refractivity contribution is 0.216. The molecule has 1 N–H and O–H groups in total. The monoisotopic (exact) mass is 228 g/mol. The molecule has 0 amide bonds. The van der Waals surface area contributed by atoms with Crippen LogP contribution in [-0.2, 0) is 12.8 Å². The summed E-state index contributed by atoms with van der Waals surface area (Å²) in [5.41, 5.74) is 4.59. The van der Waals surface area contributed by atoms with E-state index in [1.165, 1.54) is 41.4 Å². The van der Waals surface area contributed by atoms with Gasteiger partial charge >= 0.3 is 0 Å². The fourth-order valence-electron chi connectivity index (χ4n) is 3.01. The van der Waals surface area contributed by atoms with Gasteiger partial charge in [0.25, 0.3) is 0 Å². The van der Waals surface area contributed by atoms with Gasteiger partial charge in [-0.25, -0.2) is 0 Å². The van der Waals surface area contributed by atoms with E-state index in [4.69, 9.17) is 0 Å². The van der Waals surface area contributed by atoms with Crippen molar-refractivity contribution in [2.45, 2.75) is 40.0 Å². The van der Waals surface area contributed by atoms with Gasteiger partial charge in [0, 0.05) is 17.3 Å². The second-order valence-electron chi connectivity index (χ2n) is 6.31. The molecule has 0 saturated carbocycles. The van der Waals surface area contributed by atoms with Crippen LogP contribution in [0.25, 0.3) is 10.9 Å². The molecule has 1 atom stereocenters. The third-order valence-corrected chi connectivity index (χ3v) is 4.21. The molecule has 90 valence electrons. The lowest BCUT2D eigenvalue weighted by atomic mass is 9.71. The summed E-state index contributed by atoms with van der Waals surface area (Å²) in [6.45, 7) is 7.08. The second kappa shape index (κ2) is 3.59. The molecule has 0 fully saturated rings. The van der Waals surface area contributed by atoms with Crippen molar-refractivity contribution in [2.24, 2.45) is 11.3 Å². The van der Waals surface area contributed by atoms with E-state index in [2.05, 4.69) is 36.8 Å². The number of H-pyrrole nitrogens is 1. The van der Waals surface area contributed by atoms with Crippen LogP contribution in [0.3, 0.4) is 0 Å². The van der Waals surface area contributed by atoms with Crippen molar-refractivity contribution in [3.05, 3.63) is 29.7 Å². The van der Waals surface area contributed by atoms with Gasteiger partial charge in [0.2, 0.25) is 0 Å². The van der Waals surface area contributed by atoms with Gasteiger partial charge in [-0.05, 0) is 42.2 Å². The van der Waals surface area contributed by atoms with Gasteiger partial charge in [-0.1, -0.05) is 20.8 Å². The molecular weight excluding hydrogens is 208 g/mol. The molecule has 17 heavy (non-hydrogen) atoms. The minimum Gasteiger partial charge on any atom is -0.357 e. The van der Waals surface area contributed by atoms with Crippen LogP contribution in [0, 0.1) is 11.3 Å². The van der Waals surface area contributed by atoms with E-state index in [1.807, 2.05) is 12.4 Å². The Morgan fingerprint density at radius 3 is 2.94 bits per heavy atom. The van der Waals surface area contributed by atoms with Gasteiger partial charge < -0.3 is 4.98 Å². The maximum atomic E-state index is 4.19. The predicted molar refractivity (Wildman–Crippen MR) is 71.1 cm³/mol. The fraction of sp³-hybridized carbons (Fsp3) is 0.533. The van der Waals surface area contributed by atoms with E-state index in [-0.39, 0.29) is 0 Å². The number of hydrogen-bond donors (Lipinski definition) is 1. The number of nitrogens with one attached hydrogen (secondary N) is 1. The van der Waals surface area contributed by atoms with Crippen LogP contribution in [-0.4, -0.2) is 9.97 Å². The minimum atomic E-state index is 0.411. The number of aromatic amines is 1. The van der Waals surface area contributed by atoms with Gasteiger partial charge in [-0.15, -0.1) is 0 Å². The topological polar surface area (TPSA) is 28.7 Å². The molecule has 0 aromatic carbocycles. The van der Waals surface area contributed by atoms with Crippen molar-refractivity contribution in [3.63, 3.8) is 0 Å². The highest BCUT2D eigenvalue weighted by atomic mass is 14.8. The molecule has 1 aliphatic rings. The number of aryl methyl sites for hydroxylation is 1. The van der Waals surface area contributed by atoms with Gasteiger partial charge in [-0.3, -0.25) is 4.98 Å². The molecule has 2 nitrogen and oxygen atoms in total. The number of aromatic nitrogens is 2. The highest BCUT2D eigenvalue weighted by Crippen LogP contribution is 2.39. The predicted octanol–water partition coefficient (Wildman–Crippen LogP) is 3.71. The zero-order valence-corrected chi connectivity index (χ0v) is 10.9. The molecule has 3 rings (SSSR count). The third kappa shape index (κ3) is 1.76. The number of fused-ring (bicyclic) bond motifs is 3. The SMILES string of the molecule is CC(C)(C)C1CCc2[nH]c3cnccc3c2C1. The van der Waals surface area contributed by atoms with Gasteiger partial charge in [-0.2, -0.15) is 0 Å². The Bertz CT molecular complexity index is 546. The molecule has 2 aromatic heterocycles. The average Bonchev–Trinajstić information content (AvgIpc) is 2.65. The lowest BCUT2D eigenvalue weighted by Crippen LogP contribution is -2.26. The third-order valence-electron chi connectivity index (χ3n) is 4.21. The maximum absolute atomic E-state index is 4.19. The van der Waals surface area contributed by atoms with Gasteiger partial charge in [0.15, 0.2) is 0 Å². The highest BCUT2D eigenvalue weighted by Gasteiger charge is 2.30. The molecular formula is C15H20N2. The number of rotatable bonds is 0. The summed E-state index contributed by atoms with van der Waals surface area (Å²) in [6, 6.07) is 2.15. The first-order chi connectivity index (χ1) is 8.05. The van der Waals surface area contributed by atoms with Crippen LogP contribution in [0.1, 0.15) is 38.4 Å². The Labute approximate surface area is 102 Å². The molecule has 0 saturated heterocycles. The van der Waals surface area contributed by atoms with Crippen LogP contribution in [0.15, 0.2) is 18.5 Å². The Balaban J connectivity index is 2.06. The Morgan fingerprint density at radius 1 is 1.35 bits per heavy atom. The van der Waals surface area contributed by atoms with E-state index in [0.717, 1.165) is 5.92 Å². The Kier molecular flexibility index (Phi) is 2.29. The lowest BCUT2D eigenvalue weighted by Gasteiger charge is -2.34.